The van der Waals surface area contributed by atoms with Crippen LogP contribution in [-0.4, -0.2) is 27.8 Å². The van der Waals surface area contributed by atoms with Crippen molar-refractivity contribution in [2.24, 2.45) is 0 Å². The van der Waals surface area contributed by atoms with Crippen LogP contribution in [0, 0.1) is 5.82 Å². The maximum atomic E-state index is 13.0. The van der Waals surface area contributed by atoms with Crippen LogP contribution in [-0.2, 0) is 0 Å². The number of Topliss-reactive ketones (excluding diaryl/α,β-unsaturated/α-hetero) is 1. The molecule has 0 aliphatic carbocycles. The fourth-order valence-electron chi connectivity index (χ4n) is 1.72. The number of imidazole rings is 1. The first-order valence-electron chi connectivity index (χ1n) is 5.78. The van der Waals surface area contributed by atoms with Crippen molar-refractivity contribution in [1.29, 1.82) is 0 Å². The fourth-order valence-corrected chi connectivity index (χ4v) is 3.17. The van der Waals surface area contributed by atoms with E-state index >= 15 is 0 Å². The summed E-state index contributed by atoms with van der Waals surface area (Å²) < 4.78 is 15.5. The second kappa shape index (κ2) is 6.76. The Kier molecular flexibility index (Phi) is 5.03. The van der Waals surface area contributed by atoms with Gasteiger partial charge in [-0.1, -0.05) is 0 Å². The van der Waals surface area contributed by atoms with Gasteiger partial charge < -0.3 is 4.57 Å². The van der Waals surface area contributed by atoms with E-state index in [1.54, 1.807) is 23.3 Å². The van der Waals surface area contributed by atoms with Crippen LogP contribution in [0.25, 0.3) is 5.70 Å². The number of thioether (sulfide) groups is 2. The van der Waals surface area contributed by atoms with Crippen LogP contribution in [0.15, 0.2) is 47.2 Å². The van der Waals surface area contributed by atoms with E-state index in [0.717, 1.165) is 4.24 Å². The van der Waals surface area contributed by atoms with Crippen molar-refractivity contribution in [2.45, 2.75) is 0 Å². The zero-order valence-corrected chi connectivity index (χ0v) is 12.7. The van der Waals surface area contributed by atoms with E-state index in [4.69, 9.17) is 0 Å². The smallest absolute Gasteiger partial charge is 0.211 e. The molecule has 0 fully saturated rings. The number of halogens is 1. The predicted octanol–water partition coefficient (Wildman–Crippen LogP) is 3.76. The molecule has 0 bridgehead atoms. The van der Waals surface area contributed by atoms with Crippen molar-refractivity contribution in [3.05, 3.63) is 58.6 Å². The predicted molar refractivity (Wildman–Crippen MR) is 83.2 cm³/mol. The lowest BCUT2D eigenvalue weighted by Crippen LogP contribution is -2.09. The topological polar surface area (TPSA) is 34.9 Å². The summed E-state index contributed by atoms with van der Waals surface area (Å²) in [6.45, 7) is 0. The van der Waals surface area contributed by atoms with Gasteiger partial charge in [-0.15, -0.1) is 23.5 Å². The summed E-state index contributed by atoms with van der Waals surface area (Å²) in [6, 6.07) is 5.56. The average molecular weight is 308 g/mol. The van der Waals surface area contributed by atoms with E-state index < -0.39 is 0 Å². The number of rotatable bonds is 5. The molecule has 0 saturated carbocycles. The number of carbonyl (C=O) groups excluding carboxylic acids is 1. The summed E-state index contributed by atoms with van der Waals surface area (Å²) in [6.07, 6.45) is 8.77. The van der Waals surface area contributed by atoms with E-state index in [2.05, 4.69) is 4.98 Å². The van der Waals surface area contributed by atoms with Crippen molar-refractivity contribution in [3.63, 3.8) is 0 Å². The highest BCUT2D eigenvalue weighted by atomic mass is 32.2. The van der Waals surface area contributed by atoms with Gasteiger partial charge in [0.1, 0.15) is 11.5 Å². The molecule has 2 aromatic rings. The highest BCUT2D eigenvalue weighted by molar-refractivity contribution is 8.22. The minimum absolute atomic E-state index is 0.151. The van der Waals surface area contributed by atoms with Crippen molar-refractivity contribution >= 4 is 35.0 Å². The van der Waals surface area contributed by atoms with Gasteiger partial charge in [-0.05, 0) is 36.8 Å². The van der Waals surface area contributed by atoms with E-state index in [-0.39, 0.29) is 11.6 Å². The minimum Gasteiger partial charge on any atom is -0.301 e. The Morgan fingerprint density at radius 1 is 1.20 bits per heavy atom. The third-order valence-electron chi connectivity index (χ3n) is 2.65. The lowest BCUT2D eigenvalue weighted by atomic mass is 10.1. The van der Waals surface area contributed by atoms with Gasteiger partial charge in [0, 0.05) is 18.0 Å². The highest BCUT2D eigenvalue weighted by Gasteiger charge is 2.18. The second-order valence-electron chi connectivity index (χ2n) is 3.85. The number of allylic oxidation sites excluding steroid dienone is 1. The van der Waals surface area contributed by atoms with Crippen molar-refractivity contribution in [3.8, 4) is 0 Å². The van der Waals surface area contributed by atoms with E-state index in [9.17, 15) is 9.18 Å². The lowest BCUT2D eigenvalue weighted by molar-refractivity contribution is 0.105. The van der Waals surface area contributed by atoms with Crippen molar-refractivity contribution in [1.82, 2.24) is 9.55 Å². The van der Waals surface area contributed by atoms with Gasteiger partial charge >= 0.3 is 0 Å². The molecule has 0 atom stereocenters. The molecule has 2 rings (SSSR count). The molecule has 6 heteroatoms. The molecule has 3 nitrogen and oxygen atoms in total. The molecule has 0 unspecified atom stereocenters. The Labute approximate surface area is 125 Å². The summed E-state index contributed by atoms with van der Waals surface area (Å²) in [5.41, 5.74) is 0.991. The number of ketones is 1. The maximum absolute atomic E-state index is 13.0. The van der Waals surface area contributed by atoms with Gasteiger partial charge in [0.05, 0.1) is 10.6 Å². The van der Waals surface area contributed by atoms with E-state index in [1.807, 2.05) is 12.5 Å². The van der Waals surface area contributed by atoms with Gasteiger partial charge in [-0.3, -0.25) is 4.79 Å². The molecule has 0 aliphatic heterocycles. The molecule has 0 amide bonds. The summed E-state index contributed by atoms with van der Waals surface area (Å²) in [4.78, 5) is 16.6. The number of benzene rings is 1. The number of hydrogen-bond donors (Lipinski definition) is 0. The Bertz CT molecular complexity index is 615. The van der Waals surface area contributed by atoms with Gasteiger partial charge in [0.2, 0.25) is 5.78 Å². The van der Waals surface area contributed by atoms with Gasteiger partial charge in [-0.2, -0.15) is 0 Å². The molecule has 0 aliphatic rings. The molecular formula is C14H13FN2OS2. The molecule has 1 aromatic heterocycles. The van der Waals surface area contributed by atoms with Gasteiger partial charge in [0.15, 0.2) is 0 Å². The van der Waals surface area contributed by atoms with Crippen LogP contribution in [0.2, 0.25) is 0 Å². The van der Waals surface area contributed by atoms with Gasteiger partial charge in [-0.25, -0.2) is 9.37 Å². The van der Waals surface area contributed by atoms with Crippen LogP contribution in [0.5, 0.6) is 0 Å². The summed E-state index contributed by atoms with van der Waals surface area (Å²) >= 11 is 3.00. The largest absolute Gasteiger partial charge is 0.301 e. The Morgan fingerprint density at radius 2 is 1.85 bits per heavy atom. The molecule has 1 heterocycles. The molecular weight excluding hydrogens is 295 g/mol. The number of nitrogens with zero attached hydrogens (tertiary/aromatic N) is 2. The minimum atomic E-state index is -0.357. The first kappa shape index (κ1) is 14.9. The standard InChI is InChI=1S/C14H13FN2OS2/c1-19-14(20-2)12(17-8-7-16-9-17)13(18)10-3-5-11(15)6-4-10/h3-9H,1-2H3. The van der Waals surface area contributed by atoms with E-state index in [1.165, 1.54) is 47.8 Å². The number of carbonyl (C=O) groups is 1. The number of hydrogen-bond acceptors (Lipinski definition) is 4. The molecule has 0 radical (unpaired) electrons. The monoisotopic (exact) mass is 308 g/mol. The number of aromatic nitrogens is 2. The lowest BCUT2D eigenvalue weighted by Gasteiger charge is -2.12. The zero-order chi connectivity index (χ0) is 14.5. The summed E-state index contributed by atoms with van der Waals surface area (Å²) in [5.74, 6) is -0.508. The van der Waals surface area contributed by atoms with Crippen LogP contribution in [0.1, 0.15) is 10.4 Å². The first-order valence-corrected chi connectivity index (χ1v) is 8.23. The Morgan fingerprint density at radius 3 is 2.35 bits per heavy atom. The molecule has 0 saturated heterocycles. The van der Waals surface area contributed by atoms with Crippen molar-refractivity contribution in [2.75, 3.05) is 12.5 Å². The first-order chi connectivity index (χ1) is 9.67. The van der Waals surface area contributed by atoms with Crippen LogP contribution < -0.4 is 0 Å². The SMILES string of the molecule is CSC(SC)=C(C(=O)c1ccc(F)cc1)n1ccnc1. The molecule has 0 spiro atoms. The Hall–Kier alpha value is -1.53. The van der Waals surface area contributed by atoms with Crippen molar-refractivity contribution < 1.29 is 9.18 Å². The molecule has 104 valence electrons. The third-order valence-corrected chi connectivity index (χ3v) is 4.78. The Balaban J connectivity index is 2.50. The maximum Gasteiger partial charge on any atom is 0.211 e. The zero-order valence-electron chi connectivity index (χ0n) is 11.0. The van der Waals surface area contributed by atoms with Crippen LogP contribution >= 0.6 is 23.5 Å². The average Bonchev–Trinajstić information content (AvgIpc) is 2.98. The van der Waals surface area contributed by atoms with Crippen LogP contribution in [0.3, 0.4) is 0 Å². The molecule has 1 aromatic carbocycles. The normalized spacial score (nSPS) is 10.3. The fraction of sp³-hybridized carbons (Fsp3) is 0.143. The quantitative estimate of drug-likeness (QED) is 0.622. The highest BCUT2D eigenvalue weighted by Crippen LogP contribution is 2.31. The second-order valence-corrected chi connectivity index (χ2v) is 5.74. The van der Waals surface area contributed by atoms with E-state index in [0.29, 0.717) is 11.3 Å². The molecule has 0 N–H and O–H groups in total. The van der Waals surface area contributed by atoms with Crippen LogP contribution in [0.4, 0.5) is 4.39 Å². The third kappa shape index (κ3) is 3.13. The molecule has 20 heavy (non-hydrogen) atoms. The summed E-state index contributed by atoms with van der Waals surface area (Å²) in [7, 11) is 0. The van der Waals surface area contributed by atoms with Gasteiger partial charge in [0.25, 0.3) is 0 Å². The summed E-state index contributed by atoms with van der Waals surface area (Å²) in [5, 5.41) is 0.